The molecule has 8 heteroatoms. The lowest BCUT2D eigenvalue weighted by atomic mass is 10.1. The third-order valence-electron chi connectivity index (χ3n) is 3.33. The number of nitrogen functional groups attached to an aromatic ring is 1. The first kappa shape index (κ1) is 14.8. The molecule has 0 fully saturated rings. The number of aromatic amines is 1. The zero-order valence-electron chi connectivity index (χ0n) is 12.3. The Bertz CT molecular complexity index is 803. The molecule has 2 heterocycles. The lowest BCUT2D eigenvalue weighted by Gasteiger charge is -2.10. The number of hydrogen-bond acceptors (Lipinski definition) is 7. The van der Waals surface area contributed by atoms with Gasteiger partial charge in [-0.3, -0.25) is 9.89 Å². The van der Waals surface area contributed by atoms with E-state index in [1.807, 2.05) is 24.3 Å². The number of benzene rings is 1. The van der Waals surface area contributed by atoms with Crippen LogP contribution in [0.1, 0.15) is 6.42 Å². The molecule has 0 aliphatic heterocycles. The average Bonchev–Trinajstić information content (AvgIpc) is 3.08. The van der Waals surface area contributed by atoms with E-state index in [1.54, 1.807) is 6.20 Å². The Morgan fingerprint density at radius 2 is 2.22 bits per heavy atom. The minimum Gasteiger partial charge on any atom is -0.468 e. The highest BCUT2D eigenvalue weighted by Crippen LogP contribution is 2.26. The van der Waals surface area contributed by atoms with Crippen LogP contribution in [0.5, 0.6) is 0 Å². The monoisotopic (exact) mass is 312 g/mol. The normalized spacial score (nSPS) is 10.6. The molecule has 23 heavy (non-hydrogen) atoms. The summed E-state index contributed by atoms with van der Waals surface area (Å²) in [6, 6.07) is 7.73. The van der Waals surface area contributed by atoms with E-state index < -0.39 is 0 Å². The number of rotatable bonds is 7. The molecule has 3 rings (SSSR count). The maximum atomic E-state index is 10.1. The van der Waals surface area contributed by atoms with Crippen molar-refractivity contribution in [2.75, 3.05) is 24.2 Å². The molecule has 3 aromatic rings. The Labute approximate surface area is 132 Å². The maximum Gasteiger partial charge on any atom is 0.293 e. The van der Waals surface area contributed by atoms with Gasteiger partial charge >= 0.3 is 0 Å². The fraction of sp³-hybridized carbons (Fsp3) is 0.200. The molecule has 0 radical (unpaired) electrons. The van der Waals surface area contributed by atoms with E-state index in [9.17, 15) is 4.79 Å². The fourth-order valence-corrected chi connectivity index (χ4v) is 2.28. The van der Waals surface area contributed by atoms with Gasteiger partial charge in [0, 0.05) is 23.7 Å². The molecule has 4 N–H and O–H groups in total. The molecule has 0 atom stereocenters. The van der Waals surface area contributed by atoms with E-state index in [0.717, 1.165) is 22.2 Å². The molecule has 0 amide bonds. The van der Waals surface area contributed by atoms with Gasteiger partial charge in [-0.15, -0.1) is 0 Å². The van der Waals surface area contributed by atoms with Crippen molar-refractivity contribution in [3.05, 3.63) is 30.5 Å². The van der Waals surface area contributed by atoms with Gasteiger partial charge in [-0.2, -0.15) is 10.1 Å². The van der Waals surface area contributed by atoms with Crippen LogP contribution in [-0.4, -0.2) is 39.8 Å². The molecule has 118 valence electrons. The summed E-state index contributed by atoms with van der Waals surface area (Å²) in [7, 11) is 0. The van der Waals surface area contributed by atoms with Crippen LogP contribution >= 0.6 is 0 Å². The van der Waals surface area contributed by atoms with Crippen LogP contribution in [0.2, 0.25) is 0 Å². The number of aromatic nitrogens is 4. The van der Waals surface area contributed by atoms with Crippen molar-refractivity contribution in [1.29, 1.82) is 0 Å². The highest BCUT2D eigenvalue weighted by Gasteiger charge is 2.08. The van der Waals surface area contributed by atoms with Crippen molar-refractivity contribution in [2.45, 2.75) is 6.42 Å². The van der Waals surface area contributed by atoms with Crippen molar-refractivity contribution in [3.63, 3.8) is 0 Å². The molecular weight excluding hydrogens is 296 g/mol. The predicted octanol–water partition coefficient (Wildman–Crippen LogP) is 1.58. The number of nitrogens with zero attached hydrogens (tertiary/aromatic N) is 3. The number of hydrogen-bond donors (Lipinski definition) is 3. The Morgan fingerprint density at radius 3 is 3.00 bits per heavy atom. The molecule has 0 spiro atoms. The van der Waals surface area contributed by atoms with Gasteiger partial charge in [0.15, 0.2) is 0 Å². The largest absolute Gasteiger partial charge is 0.468 e. The molecule has 1 aromatic carbocycles. The summed E-state index contributed by atoms with van der Waals surface area (Å²) in [5.41, 5.74) is 8.42. The van der Waals surface area contributed by atoms with Crippen molar-refractivity contribution >= 4 is 29.1 Å². The van der Waals surface area contributed by atoms with Gasteiger partial charge in [0.05, 0.1) is 17.8 Å². The number of carbonyl (C=O) groups excluding carboxylic acids is 1. The van der Waals surface area contributed by atoms with Crippen LogP contribution in [0.15, 0.2) is 30.5 Å². The number of H-pyrrole nitrogens is 1. The van der Waals surface area contributed by atoms with Crippen molar-refractivity contribution < 1.29 is 9.53 Å². The number of carbonyl (C=O) groups is 1. The van der Waals surface area contributed by atoms with Crippen LogP contribution in [0, 0.1) is 0 Å². The minimum absolute atomic E-state index is 0.200. The zero-order valence-corrected chi connectivity index (χ0v) is 12.3. The molecule has 0 unspecified atom stereocenters. The highest BCUT2D eigenvalue weighted by atomic mass is 16.5. The zero-order chi connectivity index (χ0) is 16.1. The standard InChI is InChI=1S/C15H16N6O2/c16-15-19-13-8-10(12-4-6-18-21-12)2-3-11(13)14(20-15)17-5-1-7-23-9-22/h2-4,6,8-9H,1,5,7H2,(H,18,21)(H3,16,17,19,20). The van der Waals surface area contributed by atoms with Crippen LogP contribution in [-0.2, 0) is 9.53 Å². The topological polar surface area (TPSA) is 119 Å². The second-order valence-electron chi connectivity index (χ2n) is 4.88. The summed E-state index contributed by atoms with van der Waals surface area (Å²) in [5.74, 6) is 0.862. The lowest BCUT2D eigenvalue weighted by Crippen LogP contribution is -2.09. The first-order valence-electron chi connectivity index (χ1n) is 7.14. The van der Waals surface area contributed by atoms with Crippen molar-refractivity contribution in [2.24, 2.45) is 0 Å². The third kappa shape index (κ3) is 3.37. The SMILES string of the molecule is Nc1nc(NCCCOC=O)c2ccc(-c3ccn[nH]3)cc2n1. The van der Waals surface area contributed by atoms with Gasteiger partial charge in [0.25, 0.3) is 6.47 Å². The van der Waals surface area contributed by atoms with Gasteiger partial charge in [-0.05, 0) is 24.6 Å². The molecule has 0 aliphatic rings. The number of nitrogens with one attached hydrogen (secondary N) is 2. The van der Waals surface area contributed by atoms with Crippen LogP contribution in [0.25, 0.3) is 22.2 Å². The van der Waals surface area contributed by atoms with Crippen molar-refractivity contribution in [3.8, 4) is 11.3 Å². The summed E-state index contributed by atoms with van der Waals surface area (Å²) in [6.45, 7) is 1.41. The second kappa shape index (κ2) is 6.73. The van der Waals surface area contributed by atoms with Gasteiger partial charge in [0.2, 0.25) is 5.95 Å². The van der Waals surface area contributed by atoms with E-state index in [1.165, 1.54) is 0 Å². The van der Waals surface area contributed by atoms with Crippen LogP contribution < -0.4 is 11.1 Å². The summed E-state index contributed by atoms with van der Waals surface area (Å²) in [5, 5.41) is 10.9. The minimum atomic E-state index is 0.200. The summed E-state index contributed by atoms with van der Waals surface area (Å²) >= 11 is 0. The molecule has 0 saturated heterocycles. The quantitative estimate of drug-likeness (QED) is 0.447. The molecule has 2 aromatic heterocycles. The van der Waals surface area contributed by atoms with E-state index in [-0.39, 0.29) is 5.95 Å². The van der Waals surface area contributed by atoms with Gasteiger partial charge in [-0.1, -0.05) is 6.07 Å². The first-order valence-corrected chi connectivity index (χ1v) is 7.14. The van der Waals surface area contributed by atoms with Crippen LogP contribution in [0.3, 0.4) is 0 Å². The predicted molar refractivity (Wildman–Crippen MR) is 86.7 cm³/mol. The lowest BCUT2D eigenvalue weighted by molar-refractivity contribution is -0.128. The molecular formula is C15H16N6O2. The van der Waals surface area contributed by atoms with Crippen LogP contribution in [0.4, 0.5) is 11.8 Å². The summed E-state index contributed by atoms with van der Waals surface area (Å²) in [6.07, 6.45) is 2.37. The Kier molecular flexibility index (Phi) is 4.32. The van der Waals surface area contributed by atoms with Gasteiger partial charge < -0.3 is 15.8 Å². The fourth-order valence-electron chi connectivity index (χ4n) is 2.28. The van der Waals surface area contributed by atoms with E-state index in [4.69, 9.17) is 5.73 Å². The van der Waals surface area contributed by atoms with E-state index >= 15 is 0 Å². The first-order chi connectivity index (χ1) is 11.3. The van der Waals surface area contributed by atoms with Gasteiger partial charge in [-0.25, -0.2) is 4.98 Å². The molecule has 0 aliphatic carbocycles. The maximum absolute atomic E-state index is 10.1. The summed E-state index contributed by atoms with van der Waals surface area (Å²) < 4.78 is 4.65. The number of fused-ring (bicyclic) bond motifs is 1. The van der Waals surface area contributed by atoms with Gasteiger partial charge in [0.1, 0.15) is 5.82 Å². The molecule has 0 bridgehead atoms. The van der Waals surface area contributed by atoms with Crippen molar-refractivity contribution in [1.82, 2.24) is 20.2 Å². The smallest absolute Gasteiger partial charge is 0.293 e. The Morgan fingerprint density at radius 1 is 1.30 bits per heavy atom. The third-order valence-corrected chi connectivity index (χ3v) is 3.33. The average molecular weight is 312 g/mol. The summed E-state index contributed by atoms with van der Waals surface area (Å²) in [4.78, 5) is 18.6. The highest BCUT2D eigenvalue weighted by molar-refractivity contribution is 5.92. The number of anilines is 2. The van der Waals surface area contributed by atoms with E-state index in [2.05, 4.69) is 30.2 Å². The Balaban J connectivity index is 1.85. The molecule has 8 nitrogen and oxygen atoms in total. The number of ether oxygens (including phenoxy) is 1. The number of nitrogens with two attached hydrogens (primary N) is 1. The Hall–Kier alpha value is -3.16. The second-order valence-corrected chi connectivity index (χ2v) is 4.88. The van der Waals surface area contributed by atoms with E-state index in [0.29, 0.717) is 31.9 Å². The molecule has 0 saturated carbocycles.